The summed E-state index contributed by atoms with van der Waals surface area (Å²) in [6.45, 7) is 6.17. The van der Waals surface area contributed by atoms with Crippen LogP contribution in [0.5, 0.6) is 0 Å². The maximum Gasteiger partial charge on any atom is 0.0407 e. The van der Waals surface area contributed by atoms with Gasteiger partial charge in [0.05, 0.1) is 0 Å². The summed E-state index contributed by atoms with van der Waals surface area (Å²) in [5.74, 6) is 0.466. The molecular formula is C10H13N3. The summed E-state index contributed by atoms with van der Waals surface area (Å²) in [6, 6.07) is 6.00. The van der Waals surface area contributed by atoms with Crippen molar-refractivity contribution in [1.29, 1.82) is 0 Å². The van der Waals surface area contributed by atoms with Crippen LogP contribution in [0.1, 0.15) is 30.9 Å². The first-order valence-electron chi connectivity index (χ1n) is 4.31. The van der Waals surface area contributed by atoms with Crippen molar-refractivity contribution in [3.05, 3.63) is 39.8 Å². The second-order valence-electron chi connectivity index (χ2n) is 3.39. The highest BCUT2D eigenvalue weighted by Gasteiger charge is 2.01. The zero-order chi connectivity index (χ0) is 9.84. The molecule has 0 aliphatic heterocycles. The first-order valence-corrected chi connectivity index (χ1v) is 4.31. The highest BCUT2D eigenvalue weighted by molar-refractivity contribution is 5.48. The van der Waals surface area contributed by atoms with Gasteiger partial charge in [-0.25, -0.2) is 0 Å². The molecule has 13 heavy (non-hydrogen) atoms. The van der Waals surface area contributed by atoms with Gasteiger partial charge in [0.25, 0.3) is 0 Å². The van der Waals surface area contributed by atoms with Gasteiger partial charge in [0.15, 0.2) is 0 Å². The zero-order valence-corrected chi connectivity index (χ0v) is 8.15. The number of benzene rings is 1. The Hall–Kier alpha value is -1.47. The lowest BCUT2D eigenvalue weighted by molar-refractivity contribution is 0.866. The number of hydrogen-bond acceptors (Lipinski definition) is 1. The van der Waals surface area contributed by atoms with Gasteiger partial charge in [-0.1, -0.05) is 31.1 Å². The van der Waals surface area contributed by atoms with Crippen LogP contribution in [0.25, 0.3) is 10.4 Å². The molecule has 0 saturated heterocycles. The predicted molar refractivity (Wildman–Crippen MR) is 54.1 cm³/mol. The standard InChI is InChI=1S/C10H13N3/c1-7(2)9-5-4-8(3)10(6-9)12-13-11/h4-7H,1-3H3. The molecule has 0 unspecified atom stereocenters. The summed E-state index contributed by atoms with van der Waals surface area (Å²) in [6.07, 6.45) is 0. The van der Waals surface area contributed by atoms with Crippen molar-refractivity contribution in [3.8, 4) is 0 Å². The van der Waals surface area contributed by atoms with Crippen molar-refractivity contribution in [2.24, 2.45) is 5.11 Å². The molecule has 0 aromatic heterocycles. The van der Waals surface area contributed by atoms with E-state index in [4.69, 9.17) is 5.53 Å². The predicted octanol–water partition coefficient (Wildman–Crippen LogP) is 4.06. The molecule has 3 heteroatoms. The van der Waals surface area contributed by atoms with Crippen LogP contribution in [0.2, 0.25) is 0 Å². The summed E-state index contributed by atoms with van der Waals surface area (Å²) in [5, 5.41) is 3.63. The second-order valence-corrected chi connectivity index (χ2v) is 3.39. The van der Waals surface area contributed by atoms with E-state index in [-0.39, 0.29) is 0 Å². The average Bonchev–Trinajstić information content (AvgIpc) is 2.08. The normalized spacial score (nSPS) is 9.85. The number of rotatable bonds is 2. The third kappa shape index (κ3) is 2.23. The minimum Gasteiger partial charge on any atom is -0.0605 e. The summed E-state index contributed by atoms with van der Waals surface area (Å²) >= 11 is 0. The lowest BCUT2D eigenvalue weighted by atomic mass is 10.0. The van der Waals surface area contributed by atoms with Gasteiger partial charge < -0.3 is 0 Å². The van der Waals surface area contributed by atoms with Gasteiger partial charge in [-0.2, -0.15) is 0 Å². The lowest BCUT2D eigenvalue weighted by Crippen LogP contribution is -1.86. The van der Waals surface area contributed by atoms with Crippen molar-refractivity contribution in [3.63, 3.8) is 0 Å². The van der Waals surface area contributed by atoms with E-state index in [0.717, 1.165) is 11.3 Å². The Labute approximate surface area is 78.0 Å². The van der Waals surface area contributed by atoms with E-state index in [1.54, 1.807) is 0 Å². The molecule has 1 aromatic rings. The molecule has 0 radical (unpaired) electrons. The Morgan fingerprint density at radius 3 is 2.62 bits per heavy atom. The van der Waals surface area contributed by atoms with Crippen LogP contribution in [0.4, 0.5) is 5.69 Å². The quantitative estimate of drug-likeness (QED) is 0.369. The largest absolute Gasteiger partial charge is 0.0605 e. The second kappa shape index (κ2) is 3.97. The fourth-order valence-corrected chi connectivity index (χ4v) is 1.14. The first-order chi connectivity index (χ1) is 6.15. The van der Waals surface area contributed by atoms with Crippen LogP contribution in [0.15, 0.2) is 23.3 Å². The van der Waals surface area contributed by atoms with Gasteiger partial charge in [0.1, 0.15) is 0 Å². The van der Waals surface area contributed by atoms with Crippen molar-refractivity contribution in [2.75, 3.05) is 0 Å². The molecule has 0 atom stereocenters. The lowest BCUT2D eigenvalue weighted by Gasteiger charge is -2.07. The van der Waals surface area contributed by atoms with E-state index in [2.05, 4.69) is 29.9 Å². The van der Waals surface area contributed by atoms with Gasteiger partial charge in [0.2, 0.25) is 0 Å². The zero-order valence-electron chi connectivity index (χ0n) is 8.15. The van der Waals surface area contributed by atoms with Gasteiger partial charge in [-0.3, -0.25) is 0 Å². The average molecular weight is 175 g/mol. The van der Waals surface area contributed by atoms with Crippen LogP contribution in [0, 0.1) is 6.92 Å². The van der Waals surface area contributed by atoms with Crippen molar-refractivity contribution < 1.29 is 0 Å². The van der Waals surface area contributed by atoms with Gasteiger partial charge in [-0.05, 0) is 35.6 Å². The Balaban J connectivity index is 3.18. The fourth-order valence-electron chi connectivity index (χ4n) is 1.14. The summed E-state index contributed by atoms with van der Waals surface area (Å²) < 4.78 is 0. The molecule has 0 amide bonds. The Morgan fingerprint density at radius 1 is 1.38 bits per heavy atom. The molecule has 3 nitrogen and oxygen atoms in total. The van der Waals surface area contributed by atoms with Crippen LogP contribution >= 0.6 is 0 Å². The highest BCUT2D eigenvalue weighted by Crippen LogP contribution is 2.24. The van der Waals surface area contributed by atoms with E-state index in [1.807, 2.05) is 19.1 Å². The SMILES string of the molecule is Cc1ccc(C(C)C)cc1N=[N+]=[N-]. The fraction of sp³-hybridized carbons (Fsp3) is 0.400. The molecule has 0 saturated carbocycles. The van der Waals surface area contributed by atoms with Crippen molar-refractivity contribution in [1.82, 2.24) is 0 Å². The maximum absolute atomic E-state index is 8.33. The van der Waals surface area contributed by atoms with Crippen LogP contribution in [0.3, 0.4) is 0 Å². The third-order valence-corrected chi connectivity index (χ3v) is 2.05. The minimum atomic E-state index is 0.466. The Morgan fingerprint density at radius 2 is 2.08 bits per heavy atom. The van der Waals surface area contributed by atoms with Crippen LogP contribution in [-0.4, -0.2) is 0 Å². The molecule has 1 aromatic carbocycles. The van der Waals surface area contributed by atoms with E-state index in [1.165, 1.54) is 5.56 Å². The molecule has 68 valence electrons. The monoisotopic (exact) mass is 175 g/mol. The third-order valence-electron chi connectivity index (χ3n) is 2.05. The van der Waals surface area contributed by atoms with Crippen molar-refractivity contribution in [2.45, 2.75) is 26.7 Å². The van der Waals surface area contributed by atoms with E-state index in [0.29, 0.717) is 5.92 Å². The molecule has 0 aliphatic carbocycles. The summed E-state index contributed by atoms with van der Waals surface area (Å²) in [4.78, 5) is 2.79. The first kappa shape index (κ1) is 9.62. The van der Waals surface area contributed by atoms with E-state index >= 15 is 0 Å². The number of aryl methyl sites for hydroxylation is 1. The van der Waals surface area contributed by atoms with Crippen LogP contribution < -0.4 is 0 Å². The summed E-state index contributed by atoms with van der Waals surface area (Å²) in [5.41, 5.74) is 11.3. The highest BCUT2D eigenvalue weighted by atomic mass is 15.1. The molecular weight excluding hydrogens is 162 g/mol. The summed E-state index contributed by atoms with van der Waals surface area (Å²) in [7, 11) is 0. The van der Waals surface area contributed by atoms with E-state index < -0.39 is 0 Å². The maximum atomic E-state index is 8.33. The minimum absolute atomic E-state index is 0.466. The topological polar surface area (TPSA) is 48.8 Å². The molecule has 0 fully saturated rings. The number of nitrogens with zero attached hydrogens (tertiary/aromatic N) is 3. The van der Waals surface area contributed by atoms with Gasteiger partial charge in [0, 0.05) is 10.6 Å². The van der Waals surface area contributed by atoms with Gasteiger partial charge >= 0.3 is 0 Å². The molecule has 0 aliphatic rings. The molecule has 1 rings (SSSR count). The number of hydrogen-bond donors (Lipinski definition) is 0. The van der Waals surface area contributed by atoms with Gasteiger partial charge in [-0.15, -0.1) is 0 Å². The smallest absolute Gasteiger partial charge is 0.0407 e. The molecule has 0 heterocycles. The van der Waals surface area contributed by atoms with E-state index in [9.17, 15) is 0 Å². The number of azide groups is 1. The Kier molecular flexibility index (Phi) is 2.93. The van der Waals surface area contributed by atoms with Crippen LogP contribution in [-0.2, 0) is 0 Å². The Bertz CT molecular complexity index is 349. The molecule has 0 bridgehead atoms. The van der Waals surface area contributed by atoms with Crippen molar-refractivity contribution >= 4 is 5.69 Å². The molecule has 0 spiro atoms. The molecule has 0 N–H and O–H groups in total.